The molecule has 0 aliphatic rings. The van der Waals surface area contributed by atoms with Crippen LogP contribution in [0, 0.1) is 48.5 Å². The predicted molar refractivity (Wildman–Crippen MR) is 145 cm³/mol. The van der Waals surface area contributed by atoms with Gasteiger partial charge in [-0.15, -0.1) is 0 Å². The van der Waals surface area contributed by atoms with Crippen LogP contribution in [0.4, 0.5) is 0 Å². The van der Waals surface area contributed by atoms with Gasteiger partial charge in [-0.05, 0) is 115 Å². The van der Waals surface area contributed by atoms with Crippen LogP contribution in [0.5, 0.6) is 0 Å². The fourth-order valence-corrected chi connectivity index (χ4v) is 5.98. The van der Waals surface area contributed by atoms with Crippen LogP contribution in [0.15, 0.2) is 66.7 Å². The molecule has 5 aromatic rings. The molecule has 0 amide bonds. The van der Waals surface area contributed by atoms with E-state index in [2.05, 4.69) is 115 Å². The molecule has 164 valence electrons. The van der Waals surface area contributed by atoms with Crippen molar-refractivity contribution in [2.24, 2.45) is 0 Å². The summed E-state index contributed by atoms with van der Waals surface area (Å²) in [4.78, 5) is 0. The van der Waals surface area contributed by atoms with Gasteiger partial charge in [0.2, 0.25) is 0 Å². The molecule has 5 aromatic carbocycles. The average molecular weight is 429 g/mol. The Bertz CT molecular complexity index is 1520. The molecule has 0 heterocycles. The zero-order chi connectivity index (χ0) is 23.4. The van der Waals surface area contributed by atoms with Crippen molar-refractivity contribution >= 4 is 21.5 Å². The molecule has 0 unspecified atom stereocenters. The first-order chi connectivity index (χ1) is 15.8. The van der Waals surface area contributed by atoms with Gasteiger partial charge in [-0.2, -0.15) is 0 Å². The van der Waals surface area contributed by atoms with E-state index in [1.54, 1.807) is 0 Å². The SMILES string of the molecule is Cc1cc(C)c(-c2c3ccccc3c(-c3c(C)cc(C)cc3C)c3cc(C)ccc23)c(C)c1. The quantitative estimate of drug-likeness (QED) is 0.246. The maximum Gasteiger partial charge on any atom is -0.00209 e. The first-order valence-corrected chi connectivity index (χ1v) is 11.9. The Morgan fingerprint density at radius 2 is 0.727 bits per heavy atom. The first-order valence-electron chi connectivity index (χ1n) is 11.9. The number of rotatable bonds is 2. The van der Waals surface area contributed by atoms with E-state index in [9.17, 15) is 0 Å². The fraction of sp³-hybridized carbons (Fsp3) is 0.212. The smallest absolute Gasteiger partial charge is 0.00209 e. The molecule has 0 fully saturated rings. The summed E-state index contributed by atoms with van der Waals surface area (Å²) in [6.45, 7) is 15.6. The van der Waals surface area contributed by atoms with Crippen LogP contribution in [-0.2, 0) is 0 Å². The average Bonchev–Trinajstić information content (AvgIpc) is 2.73. The molecule has 0 aliphatic heterocycles. The van der Waals surface area contributed by atoms with Crippen molar-refractivity contribution < 1.29 is 0 Å². The number of fused-ring (bicyclic) bond motifs is 2. The number of hydrogen-bond acceptors (Lipinski definition) is 0. The minimum Gasteiger partial charge on any atom is -0.0616 e. The van der Waals surface area contributed by atoms with Crippen molar-refractivity contribution in [1.82, 2.24) is 0 Å². The third-order valence-corrected chi connectivity index (χ3v) is 7.03. The molecular formula is C33H32. The van der Waals surface area contributed by atoms with Crippen LogP contribution in [0.25, 0.3) is 43.8 Å². The zero-order valence-corrected chi connectivity index (χ0v) is 20.9. The minimum atomic E-state index is 1.30. The van der Waals surface area contributed by atoms with Gasteiger partial charge in [0.25, 0.3) is 0 Å². The largest absolute Gasteiger partial charge is 0.0616 e. The summed E-state index contributed by atoms with van der Waals surface area (Å²) >= 11 is 0. The van der Waals surface area contributed by atoms with E-state index in [1.165, 1.54) is 82.7 Å². The second kappa shape index (κ2) is 7.89. The second-order valence-electron chi connectivity index (χ2n) is 9.89. The lowest BCUT2D eigenvalue weighted by molar-refractivity contribution is 1.32. The molecule has 0 aliphatic carbocycles. The summed E-state index contributed by atoms with van der Waals surface area (Å²) in [7, 11) is 0. The van der Waals surface area contributed by atoms with Gasteiger partial charge in [0.05, 0.1) is 0 Å². The molecule has 0 radical (unpaired) electrons. The summed E-state index contributed by atoms with van der Waals surface area (Å²) in [5, 5.41) is 5.35. The Morgan fingerprint density at radius 3 is 1.18 bits per heavy atom. The number of benzene rings is 5. The topological polar surface area (TPSA) is 0 Å². The van der Waals surface area contributed by atoms with Crippen LogP contribution in [0.1, 0.15) is 38.9 Å². The monoisotopic (exact) mass is 428 g/mol. The molecule has 0 bridgehead atoms. The van der Waals surface area contributed by atoms with Crippen molar-refractivity contribution in [2.75, 3.05) is 0 Å². The Labute approximate surface area is 197 Å². The minimum absolute atomic E-state index is 1.30. The lowest BCUT2D eigenvalue weighted by Crippen LogP contribution is -1.97. The highest BCUT2D eigenvalue weighted by Gasteiger charge is 2.20. The molecule has 0 N–H and O–H groups in total. The van der Waals surface area contributed by atoms with Crippen LogP contribution in [0.2, 0.25) is 0 Å². The van der Waals surface area contributed by atoms with Gasteiger partial charge in [-0.1, -0.05) is 83.4 Å². The Balaban J connectivity index is 2.06. The zero-order valence-electron chi connectivity index (χ0n) is 20.9. The highest BCUT2D eigenvalue weighted by atomic mass is 14.2. The van der Waals surface area contributed by atoms with Gasteiger partial charge in [-0.3, -0.25) is 0 Å². The highest BCUT2D eigenvalue weighted by molar-refractivity contribution is 6.22. The van der Waals surface area contributed by atoms with Crippen molar-refractivity contribution in [3.05, 3.63) is 106 Å². The lowest BCUT2D eigenvalue weighted by Gasteiger charge is -2.22. The summed E-state index contributed by atoms with van der Waals surface area (Å²) in [6.07, 6.45) is 0. The van der Waals surface area contributed by atoms with E-state index in [4.69, 9.17) is 0 Å². The molecular weight excluding hydrogens is 396 g/mol. The number of aryl methyl sites for hydroxylation is 7. The van der Waals surface area contributed by atoms with Gasteiger partial charge in [0.15, 0.2) is 0 Å². The molecule has 33 heavy (non-hydrogen) atoms. The molecule has 0 spiro atoms. The maximum absolute atomic E-state index is 2.39. The predicted octanol–water partition coefficient (Wildman–Crippen LogP) is 9.49. The summed E-state index contributed by atoms with van der Waals surface area (Å²) < 4.78 is 0. The summed E-state index contributed by atoms with van der Waals surface area (Å²) in [6, 6.07) is 25.3. The van der Waals surface area contributed by atoms with Gasteiger partial charge in [-0.25, -0.2) is 0 Å². The van der Waals surface area contributed by atoms with E-state index in [1.807, 2.05) is 0 Å². The fourth-order valence-electron chi connectivity index (χ4n) is 5.98. The van der Waals surface area contributed by atoms with Gasteiger partial charge >= 0.3 is 0 Å². The van der Waals surface area contributed by atoms with Crippen molar-refractivity contribution in [2.45, 2.75) is 48.5 Å². The summed E-state index contributed by atoms with van der Waals surface area (Å²) in [5.74, 6) is 0. The number of hydrogen-bond donors (Lipinski definition) is 0. The third kappa shape index (κ3) is 3.45. The Morgan fingerprint density at radius 1 is 0.333 bits per heavy atom. The van der Waals surface area contributed by atoms with E-state index < -0.39 is 0 Å². The van der Waals surface area contributed by atoms with Crippen molar-refractivity contribution in [3.8, 4) is 22.3 Å². The van der Waals surface area contributed by atoms with Crippen molar-refractivity contribution in [1.29, 1.82) is 0 Å². The van der Waals surface area contributed by atoms with Gasteiger partial charge in [0, 0.05) is 0 Å². The van der Waals surface area contributed by atoms with Crippen LogP contribution < -0.4 is 0 Å². The van der Waals surface area contributed by atoms with Crippen LogP contribution in [0.3, 0.4) is 0 Å². The Kier molecular flexibility index (Phi) is 5.13. The van der Waals surface area contributed by atoms with Crippen LogP contribution >= 0.6 is 0 Å². The molecule has 0 saturated carbocycles. The van der Waals surface area contributed by atoms with E-state index in [0.29, 0.717) is 0 Å². The highest BCUT2D eigenvalue weighted by Crippen LogP contribution is 2.47. The molecule has 0 nitrogen and oxygen atoms in total. The van der Waals surface area contributed by atoms with E-state index in [0.717, 1.165) is 0 Å². The summed E-state index contributed by atoms with van der Waals surface area (Å²) in [5.41, 5.74) is 14.8. The normalized spacial score (nSPS) is 11.5. The third-order valence-electron chi connectivity index (χ3n) is 7.03. The second-order valence-corrected chi connectivity index (χ2v) is 9.89. The molecule has 0 saturated heterocycles. The molecule has 0 aromatic heterocycles. The van der Waals surface area contributed by atoms with Gasteiger partial charge < -0.3 is 0 Å². The molecule has 0 atom stereocenters. The van der Waals surface area contributed by atoms with Crippen LogP contribution in [-0.4, -0.2) is 0 Å². The van der Waals surface area contributed by atoms with Crippen molar-refractivity contribution in [3.63, 3.8) is 0 Å². The Hall–Kier alpha value is -3.38. The standard InChI is InChI=1S/C33H32/c1-19-12-13-28-29(18-19)33(31-24(6)16-21(3)17-25(31)7)27-11-9-8-10-26(27)32(28)30-22(4)14-20(2)15-23(30)5/h8-18H,1-7H3. The maximum atomic E-state index is 2.39. The molecule has 0 heteroatoms. The van der Waals surface area contributed by atoms with Gasteiger partial charge in [0.1, 0.15) is 0 Å². The lowest BCUT2D eigenvalue weighted by atomic mass is 9.81. The first kappa shape index (κ1) is 21.5. The van der Waals surface area contributed by atoms with E-state index in [-0.39, 0.29) is 0 Å². The molecule has 5 rings (SSSR count). The van der Waals surface area contributed by atoms with E-state index >= 15 is 0 Å².